The monoisotopic (exact) mass is 273 g/mol. The number of halogens is 2. The van der Waals surface area contributed by atoms with E-state index in [1.807, 2.05) is 0 Å². The molecule has 1 aromatic rings. The molecule has 17 heavy (non-hydrogen) atoms. The van der Waals surface area contributed by atoms with Crippen LogP contribution in [-0.4, -0.2) is 22.4 Å². The Balaban J connectivity index is 2.29. The quantitative estimate of drug-likeness (QED) is 0.901. The number of benzene rings is 1. The minimum Gasteiger partial charge on any atom is -0.478 e. The van der Waals surface area contributed by atoms with Crippen LogP contribution in [0.4, 0.5) is 0 Å². The van der Waals surface area contributed by atoms with Gasteiger partial charge in [-0.1, -0.05) is 34.4 Å². The van der Waals surface area contributed by atoms with Gasteiger partial charge in [0, 0.05) is 17.0 Å². The van der Waals surface area contributed by atoms with E-state index < -0.39 is 11.6 Å². The lowest BCUT2D eigenvalue weighted by atomic mass is 9.96. The second-order valence-corrected chi connectivity index (χ2v) is 4.81. The smallest absolute Gasteiger partial charge is 0.351 e. The first-order chi connectivity index (χ1) is 7.92. The third-order valence-electron chi connectivity index (χ3n) is 2.56. The molecule has 2 rings (SSSR count). The molecular formula is C11H9Cl2NO3. The molecule has 1 atom stereocenters. The Labute approximate surface area is 108 Å². The van der Waals surface area contributed by atoms with Crippen molar-refractivity contribution in [1.29, 1.82) is 0 Å². The molecule has 0 saturated carbocycles. The molecule has 0 aromatic heterocycles. The van der Waals surface area contributed by atoms with Crippen LogP contribution in [0.3, 0.4) is 0 Å². The van der Waals surface area contributed by atoms with Gasteiger partial charge in [0.1, 0.15) is 0 Å². The SMILES string of the molecule is CC1(C(=O)O)CC(c2ccc(Cl)cc2Cl)=NO1. The molecule has 0 saturated heterocycles. The molecule has 6 heteroatoms. The minimum atomic E-state index is -1.32. The van der Waals surface area contributed by atoms with Gasteiger partial charge in [-0.15, -0.1) is 0 Å². The Hall–Kier alpha value is -1.26. The van der Waals surface area contributed by atoms with Crippen LogP contribution in [-0.2, 0) is 9.63 Å². The predicted octanol–water partition coefficient (Wildman–Crippen LogP) is 2.96. The van der Waals surface area contributed by atoms with Crippen molar-refractivity contribution in [3.05, 3.63) is 33.8 Å². The van der Waals surface area contributed by atoms with Crippen molar-refractivity contribution in [2.24, 2.45) is 5.16 Å². The molecule has 0 fully saturated rings. The standard InChI is InChI=1S/C11H9Cl2NO3/c1-11(10(15)16)5-9(14-17-11)7-3-2-6(12)4-8(7)13/h2-4H,5H2,1H3,(H,15,16). The molecule has 4 nitrogen and oxygen atoms in total. The molecule has 0 aliphatic carbocycles. The summed E-state index contributed by atoms with van der Waals surface area (Å²) in [6, 6.07) is 4.94. The van der Waals surface area contributed by atoms with E-state index in [0.29, 0.717) is 21.3 Å². The third kappa shape index (κ3) is 2.23. The zero-order valence-electron chi connectivity index (χ0n) is 8.91. The van der Waals surface area contributed by atoms with Crippen LogP contribution in [0.15, 0.2) is 23.4 Å². The summed E-state index contributed by atoms with van der Waals surface area (Å²) in [6.45, 7) is 1.47. The number of oxime groups is 1. The molecular weight excluding hydrogens is 265 g/mol. The van der Waals surface area contributed by atoms with Crippen LogP contribution in [0.5, 0.6) is 0 Å². The van der Waals surface area contributed by atoms with E-state index in [9.17, 15) is 4.79 Å². The van der Waals surface area contributed by atoms with Gasteiger partial charge in [-0.2, -0.15) is 0 Å². The summed E-state index contributed by atoms with van der Waals surface area (Å²) >= 11 is 11.8. The first-order valence-corrected chi connectivity index (χ1v) is 5.62. The summed E-state index contributed by atoms with van der Waals surface area (Å²) in [4.78, 5) is 15.9. The Morgan fingerprint density at radius 1 is 1.53 bits per heavy atom. The van der Waals surface area contributed by atoms with Crippen LogP contribution in [0.25, 0.3) is 0 Å². The molecule has 1 heterocycles. The maximum absolute atomic E-state index is 11.0. The average molecular weight is 274 g/mol. The predicted molar refractivity (Wildman–Crippen MR) is 64.7 cm³/mol. The van der Waals surface area contributed by atoms with Crippen LogP contribution in [0.2, 0.25) is 10.0 Å². The third-order valence-corrected chi connectivity index (χ3v) is 3.10. The first kappa shape index (κ1) is 12.2. The number of nitrogens with zero attached hydrogens (tertiary/aromatic N) is 1. The van der Waals surface area contributed by atoms with Gasteiger partial charge in [-0.3, -0.25) is 0 Å². The van der Waals surface area contributed by atoms with E-state index in [1.165, 1.54) is 6.92 Å². The number of hydrogen-bond acceptors (Lipinski definition) is 3. The van der Waals surface area contributed by atoms with E-state index in [-0.39, 0.29) is 6.42 Å². The summed E-state index contributed by atoms with van der Waals surface area (Å²) < 4.78 is 0. The molecule has 0 bridgehead atoms. The summed E-state index contributed by atoms with van der Waals surface area (Å²) in [5, 5.41) is 13.7. The van der Waals surface area contributed by atoms with Crippen LogP contribution in [0.1, 0.15) is 18.9 Å². The first-order valence-electron chi connectivity index (χ1n) is 4.86. The summed E-state index contributed by atoms with van der Waals surface area (Å²) in [6.07, 6.45) is 0.170. The zero-order chi connectivity index (χ0) is 12.6. The van der Waals surface area contributed by atoms with Crippen LogP contribution < -0.4 is 0 Å². The van der Waals surface area contributed by atoms with Crippen molar-refractivity contribution in [3.63, 3.8) is 0 Å². The van der Waals surface area contributed by atoms with E-state index in [2.05, 4.69) is 5.16 Å². The minimum absolute atomic E-state index is 0.170. The molecule has 90 valence electrons. The number of rotatable bonds is 2. The maximum atomic E-state index is 11.0. The lowest BCUT2D eigenvalue weighted by molar-refractivity contribution is -0.160. The van der Waals surface area contributed by atoms with E-state index in [0.717, 1.165) is 0 Å². The average Bonchev–Trinajstić information content (AvgIpc) is 2.62. The molecule has 1 N–H and O–H groups in total. The number of aliphatic carboxylic acids is 1. The van der Waals surface area contributed by atoms with E-state index >= 15 is 0 Å². The summed E-state index contributed by atoms with van der Waals surface area (Å²) in [5.74, 6) is -1.05. The van der Waals surface area contributed by atoms with Crippen molar-refractivity contribution in [2.45, 2.75) is 18.9 Å². The van der Waals surface area contributed by atoms with Crippen LogP contribution >= 0.6 is 23.2 Å². The Kier molecular flexibility index (Phi) is 3.02. The highest BCUT2D eigenvalue weighted by molar-refractivity contribution is 6.37. The van der Waals surface area contributed by atoms with Crippen molar-refractivity contribution in [1.82, 2.24) is 0 Å². The van der Waals surface area contributed by atoms with Gasteiger partial charge in [0.25, 0.3) is 0 Å². The molecule has 1 aromatic carbocycles. The number of carboxylic acid groups (broad SMARTS) is 1. The van der Waals surface area contributed by atoms with Crippen molar-refractivity contribution in [2.75, 3.05) is 0 Å². The fourth-order valence-corrected chi connectivity index (χ4v) is 2.04. The van der Waals surface area contributed by atoms with Crippen LogP contribution in [0, 0.1) is 0 Å². The van der Waals surface area contributed by atoms with Gasteiger partial charge in [-0.25, -0.2) is 4.79 Å². The zero-order valence-corrected chi connectivity index (χ0v) is 10.4. The van der Waals surface area contributed by atoms with Gasteiger partial charge in [0.2, 0.25) is 5.60 Å². The second kappa shape index (κ2) is 4.20. The van der Waals surface area contributed by atoms with Crippen molar-refractivity contribution >= 4 is 34.9 Å². The molecule has 0 amide bonds. The van der Waals surface area contributed by atoms with Gasteiger partial charge in [-0.05, 0) is 19.1 Å². The topological polar surface area (TPSA) is 58.9 Å². The van der Waals surface area contributed by atoms with Crippen molar-refractivity contribution in [3.8, 4) is 0 Å². The number of carboxylic acids is 1. The highest BCUT2D eigenvalue weighted by atomic mass is 35.5. The Bertz CT molecular complexity index is 515. The lowest BCUT2D eigenvalue weighted by Crippen LogP contribution is -2.35. The number of hydrogen-bond donors (Lipinski definition) is 1. The van der Waals surface area contributed by atoms with E-state index in [4.69, 9.17) is 33.1 Å². The molecule has 1 aliphatic heterocycles. The fraction of sp³-hybridized carbons (Fsp3) is 0.273. The summed E-state index contributed by atoms with van der Waals surface area (Å²) in [5.41, 5.74) is -0.171. The Morgan fingerprint density at radius 3 is 2.76 bits per heavy atom. The lowest BCUT2D eigenvalue weighted by Gasteiger charge is -2.14. The molecule has 1 unspecified atom stereocenters. The normalized spacial score (nSPS) is 23.1. The second-order valence-electron chi connectivity index (χ2n) is 3.97. The van der Waals surface area contributed by atoms with Gasteiger partial charge in [0.05, 0.1) is 10.7 Å². The van der Waals surface area contributed by atoms with Gasteiger partial charge < -0.3 is 9.94 Å². The largest absolute Gasteiger partial charge is 0.478 e. The number of carbonyl (C=O) groups is 1. The maximum Gasteiger partial charge on any atom is 0.351 e. The highest BCUT2D eigenvalue weighted by Gasteiger charge is 2.42. The molecule has 0 spiro atoms. The fourth-order valence-electron chi connectivity index (χ4n) is 1.52. The van der Waals surface area contributed by atoms with Gasteiger partial charge >= 0.3 is 5.97 Å². The van der Waals surface area contributed by atoms with Crippen molar-refractivity contribution < 1.29 is 14.7 Å². The highest BCUT2D eigenvalue weighted by Crippen LogP contribution is 2.30. The molecule has 0 radical (unpaired) electrons. The Morgan fingerprint density at radius 2 is 2.24 bits per heavy atom. The summed E-state index contributed by atoms with van der Waals surface area (Å²) in [7, 11) is 0. The van der Waals surface area contributed by atoms with Gasteiger partial charge in [0.15, 0.2) is 0 Å². The molecule has 1 aliphatic rings. The van der Waals surface area contributed by atoms with E-state index in [1.54, 1.807) is 18.2 Å².